The third-order valence-corrected chi connectivity index (χ3v) is 4.62. The number of ether oxygens (including phenoxy) is 2. The van der Waals surface area contributed by atoms with Gasteiger partial charge in [0, 0.05) is 23.7 Å². The quantitative estimate of drug-likeness (QED) is 0.756. The second-order valence-electron chi connectivity index (χ2n) is 6.05. The molecule has 0 saturated carbocycles. The van der Waals surface area contributed by atoms with Crippen molar-refractivity contribution in [3.8, 4) is 5.75 Å². The summed E-state index contributed by atoms with van der Waals surface area (Å²) in [5.41, 5.74) is 1.53. The van der Waals surface area contributed by atoms with Gasteiger partial charge >= 0.3 is 6.09 Å². The van der Waals surface area contributed by atoms with Crippen molar-refractivity contribution in [1.82, 2.24) is 15.1 Å². The Kier molecular flexibility index (Phi) is 7.70. The molecule has 1 aliphatic rings. The van der Waals surface area contributed by atoms with Crippen molar-refractivity contribution >= 4 is 23.6 Å². The number of hydrogen-bond acceptors (Lipinski definition) is 6. The zero-order valence-corrected chi connectivity index (χ0v) is 16.9. The second kappa shape index (κ2) is 9.77. The van der Waals surface area contributed by atoms with Gasteiger partial charge in [-0.25, -0.2) is 14.8 Å². The van der Waals surface area contributed by atoms with Crippen LogP contribution in [0.3, 0.4) is 0 Å². The molecule has 9 heteroatoms. The van der Waals surface area contributed by atoms with Gasteiger partial charge in [0.25, 0.3) is 0 Å². The number of nitrogens with zero attached hydrogens (tertiary/aromatic N) is 3. The third-order valence-electron chi connectivity index (χ3n) is 4.29. The van der Waals surface area contributed by atoms with Crippen molar-refractivity contribution in [3.05, 3.63) is 28.3 Å². The van der Waals surface area contributed by atoms with Gasteiger partial charge in [-0.1, -0.05) is 11.6 Å². The number of rotatable bonds is 5. The summed E-state index contributed by atoms with van der Waals surface area (Å²) in [6.07, 6.45) is -0.559. The highest BCUT2D eigenvalue weighted by Crippen LogP contribution is 2.29. The lowest BCUT2D eigenvalue weighted by atomic mass is 10.1. The molecule has 0 aromatic heterocycles. The Morgan fingerprint density at radius 3 is 2.37 bits per heavy atom. The maximum absolute atomic E-state index is 13.0. The van der Waals surface area contributed by atoms with Gasteiger partial charge < -0.3 is 14.3 Å². The third kappa shape index (κ3) is 5.24. The van der Waals surface area contributed by atoms with Crippen LogP contribution in [0.2, 0.25) is 5.02 Å². The van der Waals surface area contributed by atoms with Gasteiger partial charge in [-0.2, -0.15) is 5.06 Å². The topological polar surface area (TPSA) is 71.6 Å². The first-order valence-electron chi connectivity index (χ1n) is 8.77. The van der Waals surface area contributed by atoms with E-state index in [1.54, 1.807) is 25.2 Å². The summed E-state index contributed by atoms with van der Waals surface area (Å²) in [6.45, 7) is 5.35. The van der Waals surface area contributed by atoms with Crippen LogP contribution in [0.25, 0.3) is 0 Å². The molecule has 1 heterocycles. The van der Waals surface area contributed by atoms with E-state index in [9.17, 15) is 9.59 Å². The van der Waals surface area contributed by atoms with E-state index < -0.39 is 6.09 Å². The van der Waals surface area contributed by atoms with E-state index in [4.69, 9.17) is 25.9 Å². The minimum Gasteiger partial charge on any atom is -0.496 e. The maximum Gasteiger partial charge on any atom is 0.428 e. The molecule has 2 amide bonds. The molecule has 2 rings (SSSR count). The molecule has 0 aliphatic carbocycles. The fourth-order valence-electron chi connectivity index (χ4n) is 2.93. The van der Waals surface area contributed by atoms with Crippen LogP contribution in [0.4, 0.5) is 4.79 Å². The Labute approximate surface area is 164 Å². The predicted octanol–water partition coefficient (Wildman–Crippen LogP) is 2.28. The van der Waals surface area contributed by atoms with Gasteiger partial charge in [0.15, 0.2) is 0 Å². The summed E-state index contributed by atoms with van der Waals surface area (Å²) in [5, 5.41) is 4.86. The lowest BCUT2D eigenvalue weighted by molar-refractivity contribution is -0.145. The highest BCUT2D eigenvalue weighted by molar-refractivity contribution is 6.31. The second-order valence-corrected chi connectivity index (χ2v) is 6.46. The molecule has 0 unspecified atom stereocenters. The number of carbonyl (C=O) groups is 2. The highest BCUT2D eigenvalue weighted by Gasteiger charge is 2.31. The molecule has 1 aliphatic heterocycles. The summed E-state index contributed by atoms with van der Waals surface area (Å²) < 4.78 is 10.5. The van der Waals surface area contributed by atoms with Crippen LogP contribution >= 0.6 is 11.6 Å². The molecule has 1 aromatic carbocycles. The van der Waals surface area contributed by atoms with Gasteiger partial charge in [0.05, 0.1) is 40.3 Å². The van der Waals surface area contributed by atoms with E-state index in [1.807, 2.05) is 13.0 Å². The van der Waals surface area contributed by atoms with Gasteiger partial charge in [-0.3, -0.25) is 4.79 Å². The molecule has 27 heavy (non-hydrogen) atoms. The highest BCUT2D eigenvalue weighted by atomic mass is 35.5. The number of hydrazine groups is 1. The zero-order valence-electron chi connectivity index (χ0n) is 16.2. The molecule has 1 saturated heterocycles. The maximum atomic E-state index is 13.0. The van der Waals surface area contributed by atoms with Crippen LogP contribution in [-0.2, 0) is 20.8 Å². The Morgan fingerprint density at radius 1 is 1.11 bits per heavy atom. The lowest BCUT2D eigenvalue weighted by Crippen LogP contribution is -2.51. The number of halogens is 1. The van der Waals surface area contributed by atoms with Crippen LogP contribution in [-0.4, -0.2) is 74.1 Å². The summed E-state index contributed by atoms with van der Waals surface area (Å²) in [5.74, 6) is 0.273. The van der Waals surface area contributed by atoms with E-state index in [0.29, 0.717) is 29.4 Å². The Bertz CT molecular complexity index is 685. The molecule has 0 bridgehead atoms. The Morgan fingerprint density at radius 2 is 1.78 bits per heavy atom. The largest absolute Gasteiger partial charge is 0.496 e. The Hall–Kier alpha value is -2.03. The average molecular weight is 400 g/mol. The molecule has 0 spiro atoms. The number of benzene rings is 1. The van der Waals surface area contributed by atoms with Crippen molar-refractivity contribution in [1.29, 1.82) is 0 Å². The molecule has 0 atom stereocenters. The van der Waals surface area contributed by atoms with Gasteiger partial charge in [-0.05, 0) is 31.5 Å². The van der Waals surface area contributed by atoms with Crippen molar-refractivity contribution in [2.75, 3.05) is 47.0 Å². The van der Waals surface area contributed by atoms with E-state index in [0.717, 1.165) is 5.56 Å². The van der Waals surface area contributed by atoms with Gasteiger partial charge in [0.1, 0.15) is 5.75 Å². The van der Waals surface area contributed by atoms with Crippen molar-refractivity contribution < 1.29 is 23.9 Å². The lowest BCUT2D eigenvalue weighted by Gasteiger charge is -2.32. The SMILES string of the molecule is CCOC(=O)N1CCN(OC)CCN1C(=O)Cc1c(Cl)cc(C)cc1OC. The predicted molar refractivity (Wildman–Crippen MR) is 100 cm³/mol. The molecule has 150 valence electrons. The van der Waals surface area contributed by atoms with Crippen molar-refractivity contribution in [2.24, 2.45) is 0 Å². The molecular formula is C18H26ClN3O5. The van der Waals surface area contributed by atoms with Gasteiger partial charge in [-0.15, -0.1) is 0 Å². The molecule has 8 nitrogen and oxygen atoms in total. The standard InChI is InChI=1S/C18H26ClN3O5/c1-5-27-18(24)22-9-7-20(26-4)6-8-21(22)17(23)12-14-15(19)10-13(2)11-16(14)25-3/h10-11H,5-9,12H2,1-4H3. The molecular weight excluding hydrogens is 374 g/mol. The molecule has 1 fully saturated rings. The van der Waals surface area contributed by atoms with Crippen LogP contribution < -0.4 is 4.74 Å². The zero-order chi connectivity index (χ0) is 20.0. The summed E-state index contributed by atoms with van der Waals surface area (Å²) >= 11 is 6.34. The van der Waals surface area contributed by atoms with Crippen LogP contribution in [0.5, 0.6) is 5.75 Å². The first-order valence-corrected chi connectivity index (χ1v) is 9.15. The van der Waals surface area contributed by atoms with Crippen molar-refractivity contribution in [2.45, 2.75) is 20.3 Å². The minimum atomic E-state index is -0.564. The summed E-state index contributed by atoms with van der Waals surface area (Å²) in [7, 11) is 3.09. The number of hydroxylamine groups is 2. The van der Waals surface area contributed by atoms with Crippen LogP contribution in [0, 0.1) is 6.92 Å². The molecule has 0 radical (unpaired) electrons. The van der Waals surface area contributed by atoms with Crippen molar-refractivity contribution in [3.63, 3.8) is 0 Å². The van der Waals surface area contributed by atoms with Crippen LogP contribution in [0.15, 0.2) is 12.1 Å². The first-order chi connectivity index (χ1) is 12.9. The number of carbonyl (C=O) groups excluding carboxylic acids is 2. The molecule has 1 aromatic rings. The smallest absolute Gasteiger partial charge is 0.428 e. The average Bonchev–Trinajstić information content (AvgIpc) is 2.86. The molecule has 0 N–H and O–H groups in total. The summed E-state index contributed by atoms with van der Waals surface area (Å²) in [4.78, 5) is 30.6. The first kappa shape index (κ1) is 21.3. The monoisotopic (exact) mass is 399 g/mol. The Balaban J connectivity index is 2.26. The van der Waals surface area contributed by atoms with E-state index in [2.05, 4.69) is 0 Å². The van der Waals surface area contributed by atoms with E-state index >= 15 is 0 Å². The fraction of sp³-hybridized carbons (Fsp3) is 0.556. The number of methoxy groups -OCH3 is 1. The van der Waals surface area contributed by atoms with E-state index in [-0.39, 0.29) is 32.0 Å². The fourth-order valence-corrected chi connectivity index (χ4v) is 3.26. The van der Waals surface area contributed by atoms with E-state index in [1.165, 1.54) is 17.1 Å². The summed E-state index contributed by atoms with van der Waals surface area (Å²) in [6, 6.07) is 3.61. The number of amides is 2. The van der Waals surface area contributed by atoms with Gasteiger partial charge in [0.2, 0.25) is 5.91 Å². The number of aryl methyl sites for hydroxylation is 1. The number of hydrogen-bond donors (Lipinski definition) is 0. The van der Waals surface area contributed by atoms with Crippen LogP contribution in [0.1, 0.15) is 18.1 Å². The normalized spacial score (nSPS) is 15.4. The minimum absolute atomic E-state index is 0.00513.